The van der Waals surface area contributed by atoms with E-state index in [4.69, 9.17) is 4.18 Å². The average Bonchev–Trinajstić information content (AvgIpc) is 2.15. The number of Topliss-reactive ketones (excluding diaryl/α,β-unsaturated/α-hetero) is 1. The van der Waals surface area contributed by atoms with Gasteiger partial charge in [0.05, 0.1) is 18.9 Å². The van der Waals surface area contributed by atoms with Gasteiger partial charge < -0.3 is 0 Å². The Morgan fingerprint density at radius 3 is 2.24 bits per heavy atom. The van der Waals surface area contributed by atoms with E-state index in [0.717, 1.165) is 31.9 Å². The van der Waals surface area contributed by atoms with Crippen LogP contribution in [0.4, 0.5) is 0 Å². The van der Waals surface area contributed by atoms with Gasteiger partial charge in [0.25, 0.3) is 10.1 Å². The maximum Gasteiger partial charge on any atom is 0.264 e. The predicted octanol–water partition coefficient (Wildman–Crippen LogP) is 0.157. The Bertz CT molecular complexity index is 430. The monoisotopic (exact) mass is 259 g/mol. The summed E-state index contributed by atoms with van der Waals surface area (Å²) in [7, 11) is -3.36. The van der Waals surface area contributed by atoms with Gasteiger partial charge in [0.1, 0.15) is 5.78 Å². The Morgan fingerprint density at radius 1 is 1.18 bits per heavy atom. The normalized spacial score (nSPS) is 45.0. The first kappa shape index (κ1) is 11.6. The van der Waals surface area contributed by atoms with Gasteiger partial charge in [-0.1, -0.05) is 0 Å². The molecule has 0 aliphatic carbocycles. The highest BCUT2D eigenvalue weighted by Gasteiger charge is 2.49. The van der Waals surface area contributed by atoms with E-state index >= 15 is 0 Å². The molecular formula is C11H17NO4S. The van der Waals surface area contributed by atoms with Crippen molar-refractivity contribution in [3.63, 3.8) is 0 Å². The lowest BCUT2D eigenvalue weighted by Crippen LogP contribution is -2.63. The first-order valence-corrected chi connectivity index (χ1v) is 7.91. The predicted molar refractivity (Wildman–Crippen MR) is 61.0 cm³/mol. The van der Waals surface area contributed by atoms with E-state index in [1.165, 1.54) is 0 Å². The van der Waals surface area contributed by atoms with E-state index in [2.05, 4.69) is 4.90 Å². The summed E-state index contributed by atoms with van der Waals surface area (Å²) >= 11 is 0. The van der Waals surface area contributed by atoms with E-state index in [9.17, 15) is 13.2 Å². The highest BCUT2D eigenvalue weighted by Crippen LogP contribution is 2.42. The van der Waals surface area contributed by atoms with Gasteiger partial charge in [-0.25, -0.2) is 0 Å². The van der Waals surface area contributed by atoms with Crippen molar-refractivity contribution < 1.29 is 17.4 Å². The molecule has 4 aliphatic rings. The zero-order valence-electron chi connectivity index (χ0n) is 9.83. The lowest BCUT2D eigenvalue weighted by molar-refractivity contribution is -0.143. The fraction of sp³-hybridized carbons (Fsp3) is 0.909. The molecule has 0 aromatic heterocycles. The van der Waals surface area contributed by atoms with E-state index < -0.39 is 10.1 Å². The molecule has 0 aromatic carbocycles. The fourth-order valence-electron chi connectivity index (χ4n) is 3.64. The van der Waals surface area contributed by atoms with E-state index in [0.29, 0.717) is 24.4 Å². The molecular weight excluding hydrogens is 242 g/mol. The third-order valence-electron chi connectivity index (χ3n) is 4.23. The minimum atomic E-state index is -3.36. The van der Waals surface area contributed by atoms with E-state index in [1.54, 1.807) is 0 Å². The number of carbonyl (C=O) groups is 1. The summed E-state index contributed by atoms with van der Waals surface area (Å²) in [5.74, 6) is 0.578. The van der Waals surface area contributed by atoms with Crippen molar-refractivity contribution in [1.29, 1.82) is 0 Å². The Hall–Kier alpha value is -0.460. The molecule has 4 aliphatic heterocycles. The minimum absolute atomic E-state index is 0.189. The van der Waals surface area contributed by atoms with Crippen LogP contribution in [0.3, 0.4) is 0 Å². The molecule has 2 atom stereocenters. The van der Waals surface area contributed by atoms with Gasteiger partial charge >= 0.3 is 0 Å². The molecule has 4 heterocycles. The summed E-state index contributed by atoms with van der Waals surface area (Å²) in [5, 5.41) is 0. The van der Waals surface area contributed by atoms with E-state index in [-0.39, 0.29) is 12.0 Å². The number of hydrogen-bond donors (Lipinski definition) is 0. The molecule has 0 N–H and O–H groups in total. The summed E-state index contributed by atoms with van der Waals surface area (Å²) in [5.41, 5.74) is 0. The summed E-state index contributed by atoms with van der Waals surface area (Å²) in [6, 6.07) is 0.689. The number of fused-ring (bicyclic) bond motifs is 1. The number of hydrogen-bond acceptors (Lipinski definition) is 5. The van der Waals surface area contributed by atoms with Crippen LogP contribution in [-0.2, 0) is 19.1 Å². The van der Waals surface area contributed by atoms with Crippen LogP contribution in [0.25, 0.3) is 0 Å². The summed E-state index contributed by atoms with van der Waals surface area (Å²) in [4.78, 5) is 13.9. The number of carbonyl (C=O) groups excluding carboxylic acids is 1. The van der Waals surface area contributed by atoms with Crippen LogP contribution in [-0.4, -0.2) is 50.1 Å². The number of rotatable bonds is 2. The Labute approximate surface area is 101 Å². The van der Waals surface area contributed by atoms with Crippen LogP contribution in [0, 0.1) is 5.92 Å². The lowest BCUT2D eigenvalue weighted by atomic mass is 9.72. The molecule has 17 heavy (non-hydrogen) atoms. The molecule has 2 unspecified atom stereocenters. The third kappa shape index (κ3) is 2.13. The number of piperidine rings is 4. The van der Waals surface area contributed by atoms with Crippen LogP contribution in [0.15, 0.2) is 0 Å². The first-order chi connectivity index (χ1) is 7.92. The zero-order chi connectivity index (χ0) is 12.2. The van der Waals surface area contributed by atoms with Gasteiger partial charge in [-0.05, 0) is 25.7 Å². The topological polar surface area (TPSA) is 63.7 Å². The molecule has 0 aromatic rings. The highest BCUT2D eigenvalue weighted by atomic mass is 32.2. The molecule has 0 saturated carbocycles. The molecule has 0 amide bonds. The average molecular weight is 259 g/mol. The molecule has 0 radical (unpaired) electrons. The van der Waals surface area contributed by atoms with Gasteiger partial charge in [0.2, 0.25) is 0 Å². The van der Waals surface area contributed by atoms with Crippen molar-refractivity contribution in [2.45, 2.75) is 43.9 Å². The van der Waals surface area contributed by atoms with E-state index in [1.807, 2.05) is 0 Å². The number of ketones is 1. The summed E-state index contributed by atoms with van der Waals surface area (Å²) in [6.07, 6.45) is 4.18. The molecule has 0 spiro atoms. The van der Waals surface area contributed by atoms with Gasteiger partial charge in [-0.15, -0.1) is 0 Å². The smallest absolute Gasteiger partial charge is 0.264 e. The number of nitrogens with zero attached hydrogens (tertiary/aromatic N) is 1. The maximum absolute atomic E-state index is 11.6. The molecule has 6 heteroatoms. The van der Waals surface area contributed by atoms with Crippen LogP contribution in [0.2, 0.25) is 0 Å². The van der Waals surface area contributed by atoms with Crippen LogP contribution < -0.4 is 0 Å². The van der Waals surface area contributed by atoms with Crippen molar-refractivity contribution >= 4 is 15.9 Å². The Kier molecular flexibility index (Phi) is 2.57. The zero-order valence-corrected chi connectivity index (χ0v) is 10.6. The summed E-state index contributed by atoms with van der Waals surface area (Å²) in [6.45, 7) is 0.561. The Morgan fingerprint density at radius 2 is 1.76 bits per heavy atom. The van der Waals surface area contributed by atoms with Crippen molar-refractivity contribution in [2.24, 2.45) is 5.92 Å². The van der Waals surface area contributed by atoms with Gasteiger partial charge in [0, 0.05) is 18.0 Å². The second-order valence-electron chi connectivity index (χ2n) is 5.51. The SMILES string of the molecule is CS(=O)(=O)OC1CC2CC3CC(C1)N2CC3=O. The van der Waals surface area contributed by atoms with Crippen LogP contribution >= 0.6 is 0 Å². The standard InChI is InChI=1S/C11H17NO4S/c1-17(14,15)16-10-4-8-2-7-3-9(5-10)12(8)6-11(7)13/h7-10H,2-6H2,1H3. The quantitative estimate of drug-likeness (QED) is 0.661. The van der Waals surface area contributed by atoms with Crippen molar-refractivity contribution in [3.05, 3.63) is 0 Å². The van der Waals surface area contributed by atoms with Crippen molar-refractivity contribution in [1.82, 2.24) is 4.90 Å². The fourth-order valence-corrected chi connectivity index (χ4v) is 4.30. The van der Waals surface area contributed by atoms with Crippen molar-refractivity contribution in [2.75, 3.05) is 12.8 Å². The Balaban J connectivity index is 1.73. The minimum Gasteiger partial charge on any atom is -0.298 e. The van der Waals surface area contributed by atoms with Crippen LogP contribution in [0.1, 0.15) is 25.7 Å². The van der Waals surface area contributed by atoms with Gasteiger partial charge in [-0.3, -0.25) is 13.9 Å². The highest BCUT2D eigenvalue weighted by molar-refractivity contribution is 7.86. The third-order valence-corrected chi connectivity index (χ3v) is 4.85. The molecule has 4 saturated heterocycles. The summed E-state index contributed by atoms with van der Waals surface area (Å²) < 4.78 is 27.4. The second kappa shape index (κ2) is 3.76. The van der Waals surface area contributed by atoms with Crippen LogP contribution in [0.5, 0.6) is 0 Å². The molecule has 4 fully saturated rings. The largest absolute Gasteiger partial charge is 0.298 e. The molecule has 5 nitrogen and oxygen atoms in total. The maximum atomic E-state index is 11.6. The van der Waals surface area contributed by atoms with Gasteiger partial charge in [0.15, 0.2) is 0 Å². The molecule has 4 rings (SSSR count). The molecule has 96 valence electrons. The first-order valence-electron chi connectivity index (χ1n) is 6.09. The van der Waals surface area contributed by atoms with Crippen molar-refractivity contribution in [3.8, 4) is 0 Å². The lowest BCUT2D eigenvalue weighted by Gasteiger charge is -2.54. The molecule has 4 bridgehead atoms. The van der Waals surface area contributed by atoms with Gasteiger partial charge in [-0.2, -0.15) is 8.42 Å². The second-order valence-corrected chi connectivity index (χ2v) is 7.11.